The van der Waals surface area contributed by atoms with E-state index >= 15 is 0 Å². The Morgan fingerprint density at radius 2 is 1.94 bits per heavy atom. The Hall–Kier alpha value is -0.570. The lowest BCUT2D eigenvalue weighted by Gasteiger charge is -2.29. The van der Waals surface area contributed by atoms with E-state index in [4.69, 9.17) is 0 Å². The summed E-state index contributed by atoms with van der Waals surface area (Å²) >= 11 is 0. The van der Waals surface area contributed by atoms with Crippen molar-refractivity contribution in [2.45, 2.75) is 77.8 Å². The second-order valence-corrected chi connectivity index (χ2v) is 4.90. The lowest BCUT2D eigenvalue weighted by Crippen LogP contribution is -2.52. The monoisotopic (exact) mass is 229 g/mol. The minimum atomic E-state index is -0.761. The number of carboxylic acid groups (broad SMARTS) is 1. The van der Waals surface area contributed by atoms with Crippen molar-refractivity contribution in [1.29, 1.82) is 0 Å². The molecule has 0 saturated carbocycles. The first kappa shape index (κ1) is 15.4. The average Bonchev–Trinajstić information content (AvgIpc) is 2.24. The summed E-state index contributed by atoms with van der Waals surface area (Å²) in [7, 11) is 0. The van der Waals surface area contributed by atoms with Crippen molar-refractivity contribution in [3.05, 3.63) is 0 Å². The normalized spacial score (nSPS) is 16.8. The van der Waals surface area contributed by atoms with Crippen LogP contribution in [-0.4, -0.2) is 22.7 Å². The minimum Gasteiger partial charge on any atom is -0.480 e. The van der Waals surface area contributed by atoms with Crippen molar-refractivity contribution in [2.24, 2.45) is 0 Å². The number of carboxylic acids is 1. The fourth-order valence-electron chi connectivity index (χ4n) is 1.79. The molecular weight excluding hydrogens is 202 g/mol. The Kier molecular flexibility index (Phi) is 7.39. The summed E-state index contributed by atoms with van der Waals surface area (Å²) < 4.78 is 0. The Labute approximate surface area is 99.6 Å². The van der Waals surface area contributed by atoms with Gasteiger partial charge >= 0.3 is 5.97 Å². The van der Waals surface area contributed by atoms with Crippen LogP contribution in [0, 0.1) is 0 Å². The lowest BCUT2D eigenvalue weighted by atomic mass is 9.93. The van der Waals surface area contributed by atoms with Crippen LogP contribution in [0.3, 0.4) is 0 Å². The summed E-state index contributed by atoms with van der Waals surface area (Å²) in [6.45, 7) is 8.06. The standard InChI is InChI=1S/C13H27NO2/c1-5-7-8-9-10-13(4,12(15)16)14-11(3)6-2/h11,14H,5-10H2,1-4H3,(H,15,16). The molecule has 3 heteroatoms. The van der Waals surface area contributed by atoms with Gasteiger partial charge in [0.25, 0.3) is 0 Å². The molecule has 2 N–H and O–H groups in total. The van der Waals surface area contributed by atoms with E-state index in [1.807, 2.05) is 6.92 Å². The molecule has 16 heavy (non-hydrogen) atoms. The van der Waals surface area contributed by atoms with Gasteiger partial charge in [-0.15, -0.1) is 0 Å². The van der Waals surface area contributed by atoms with Crippen LogP contribution in [0.4, 0.5) is 0 Å². The third-order valence-corrected chi connectivity index (χ3v) is 3.18. The second-order valence-electron chi connectivity index (χ2n) is 4.90. The van der Waals surface area contributed by atoms with Gasteiger partial charge in [0.2, 0.25) is 0 Å². The van der Waals surface area contributed by atoms with E-state index < -0.39 is 11.5 Å². The molecule has 0 aromatic heterocycles. The number of hydrogen-bond acceptors (Lipinski definition) is 2. The number of hydrogen-bond donors (Lipinski definition) is 2. The molecule has 2 atom stereocenters. The highest BCUT2D eigenvalue weighted by atomic mass is 16.4. The van der Waals surface area contributed by atoms with Gasteiger partial charge in [-0.2, -0.15) is 0 Å². The first-order valence-corrected chi connectivity index (χ1v) is 6.47. The second kappa shape index (κ2) is 7.66. The predicted octanol–water partition coefficient (Wildman–Crippen LogP) is 3.19. The third-order valence-electron chi connectivity index (χ3n) is 3.18. The lowest BCUT2D eigenvalue weighted by molar-refractivity contribution is -0.144. The molecule has 0 fully saturated rings. The molecule has 0 bridgehead atoms. The Morgan fingerprint density at radius 1 is 1.31 bits per heavy atom. The van der Waals surface area contributed by atoms with Crippen LogP contribution >= 0.6 is 0 Å². The van der Waals surface area contributed by atoms with Crippen LogP contribution in [0.2, 0.25) is 0 Å². The zero-order chi connectivity index (χ0) is 12.6. The highest BCUT2D eigenvalue weighted by Crippen LogP contribution is 2.17. The van der Waals surface area contributed by atoms with Crippen LogP contribution in [0.1, 0.15) is 66.2 Å². The van der Waals surface area contributed by atoms with Crippen LogP contribution in [0.5, 0.6) is 0 Å². The van der Waals surface area contributed by atoms with Crippen LogP contribution in [0.15, 0.2) is 0 Å². The minimum absolute atomic E-state index is 0.257. The maximum atomic E-state index is 11.3. The smallest absolute Gasteiger partial charge is 0.323 e. The molecule has 96 valence electrons. The summed E-state index contributed by atoms with van der Waals surface area (Å²) in [6, 6.07) is 0.257. The zero-order valence-electron chi connectivity index (χ0n) is 11.2. The van der Waals surface area contributed by atoms with Crippen molar-refractivity contribution >= 4 is 5.97 Å². The van der Waals surface area contributed by atoms with Crippen molar-refractivity contribution in [1.82, 2.24) is 5.32 Å². The average molecular weight is 229 g/mol. The number of nitrogens with one attached hydrogen (secondary N) is 1. The summed E-state index contributed by atoms with van der Waals surface area (Å²) in [5, 5.41) is 12.5. The van der Waals surface area contributed by atoms with E-state index in [1.54, 1.807) is 6.92 Å². The summed E-state index contributed by atoms with van der Waals surface area (Å²) in [5.74, 6) is -0.732. The van der Waals surface area contributed by atoms with Crippen LogP contribution in [-0.2, 0) is 4.79 Å². The fraction of sp³-hybridized carbons (Fsp3) is 0.923. The molecule has 0 aromatic carbocycles. The van der Waals surface area contributed by atoms with Crippen molar-refractivity contribution in [3.8, 4) is 0 Å². The number of rotatable bonds is 9. The first-order valence-electron chi connectivity index (χ1n) is 6.47. The largest absolute Gasteiger partial charge is 0.480 e. The summed E-state index contributed by atoms with van der Waals surface area (Å²) in [5.41, 5.74) is -0.761. The molecule has 0 rings (SSSR count). The zero-order valence-corrected chi connectivity index (χ0v) is 11.2. The van der Waals surface area contributed by atoms with E-state index in [0.29, 0.717) is 6.42 Å². The first-order chi connectivity index (χ1) is 7.46. The molecule has 0 amide bonds. The Balaban J connectivity index is 4.17. The van der Waals surface area contributed by atoms with E-state index in [2.05, 4.69) is 19.2 Å². The van der Waals surface area contributed by atoms with Gasteiger partial charge in [0.15, 0.2) is 0 Å². The highest BCUT2D eigenvalue weighted by Gasteiger charge is 2.32. The molecule has 2 unspecified atom stereocenters. The quantitative estimate of drug-likeness (QED) is 0.597. The topological polar surface area (TPSA) is 49.3 Å². The maximum absolute atomic E-state index is 11.3. The number of carbonyl (C=O) groups is 1. The van der Waals surface area contributed by atoms with E-state index in [9.17, 15) is 9.90 Å². The van der Waals surface area contributed by atoms with E-state index in [0.717, 1.165) is 19.3 Å². The molecular formula is C13H27NO2. The van der Waals surface area contributed by atoms with Crippen molar-refractivity contribution < 1.29 is 9.90 Å². The van der Waals surface area contributed by atoms with Gasteiger partial charge in [0.1, 0.15) is 5.54 Å². The van der Waals surface area contributed by atoms with E-state index in [1.165, 1.54) is 12.8 Å². The number of unbranched alkanes of at least 4 members (excludes halogenated alkanes) is 3. The fourth-order valence-corrected chi connectivity index (χ4v) is 1.79. The van der Waals surface area contributed by atoms with Gasteiger partial charge in [-0.05, 0) is 26.7 Å². The molecule has 0 aliphatic carbocycles. The van der Waals surface area contributed by atoms with Gasteiger partial charge in [-0.25, -0.2) is 0 Å². The van der Waals surface area contributed by atoms with E-state index in [-0.39, 0.29) is 6.04 Å². The molecule has 0 aliphatic heterocycles. The SMILES string of the molecule is CCCCCCC(C)(NC(C)CC)C(=O)O. The van der Waals surface area contributed by atoms with Gasteiger partial charge in [-0.3, -0.25) is 10.1 Å². The van der Waals surface area contributed by atoms with Crippen LogP contribution in [0.25, 0.3) is 0 Å². The summed E-state index contributed by atoms with van der Waals surface area (Å²) in [4.78, 5) is 11.3. The van der Waals surface area contributed by atoms with Crippen LogP contribution < -0.4 is 5.32 Å². The van der Waals surface area contributed by atoms with Gasteiger partial charge in [-0.1, -0.05) is 39.5 Å². The van der Waals surface area contributed by atoms with Gasteiger partial charge in [0.05, 0.1) is 0 Å². The van der Waals surface area contributed by atoms with Crippen molar-refractivity contribution in [3.63, 3.8) is 0 Å². The predicted molar refractivity (Wildman–Crippen MR) is 67.7 cm³/mol. The Bertz CT molecular complexity index is 206. The third kappa shape index (κ3) is 5.50. The van der Waals surface area contributed by atoms with Gasteiger partial charge < -0.3 is 5.11 Å². The molecule has 0 heterocycles. The molecule has 0 aliphatic rings. The molecule has 0 aromatic rings. The summed E-state index contributed by atoms with van der Waals surface area (Å²) in [6.07, 6.45) is 6.16. The maximum Gasteiger partial charge on any atom is 0.323 e. The molecule has 0 radical (unpaired) electrons. The number of aliphatic carboxylic acids is 1. The molecule has 0 spiro atoms. The Morgan fingerprint density at radius 3 is 2.38 bits per heavy atom. The molecule has 3 nitrogen and oxygen atoms in total. The molecule has 0 saturated heterocycles. The highest BCUT2D eigenvalue weighted by molar-refractivity contribution is 5.78. The van der Waals surface area contributed by atoms with Gasteiger partial charge in [0, 0.05) is 6.04 Å². The van der Waals surface area contributed by atoms with Crippen molar-refractivity contribution in [2.75, 3.05) is 0 Å².